The summed E-state index contributed by atoms with van der Waals surface area (Å²) in [5.74, 6) is -5.71. The first kappa shape index (κ1) is 47.0. The highest BCUT2D eigenvalue weighted by Crippen LogP contribution is 2.11. The lowest BCUT2D eigenvalue weighted by molar-refractivity contribution is -0.146. The maximum Gasteiger partial charge on any atom is 0.264 e. The number of rotatable bonds is 15. The lowest BCUT2D eigenvalue weighted by atomic mass is 10.0. The Morgan fingerprint density at radius 3 is 2.27 bits per heavy atom. The van der Waals surface area contributed by atoms with Crippen molar-refractivity contribution in [3.63, 3.8) is 0 Å². The summed E-state index contributed by atoms with van der Waals surface area (Å²) < 4.78 is 0. The van der Waals surface area contributed by atoms with E-state index in [-0.39, 0.29) is 38.8 Å². The number of amides is 7. The summed E-state index contributed by atoms with van der Waals surface area (Å²) in [4.78, 5) is 92.4. The van der Waals surface area contributed by atoms with E-state index in [1.165, 1.54) is 6.92 Å². The number of aliphatic hydroxyl groups excluding tert-OH is 4. The number of nitrogens with zero attached hydrogens (tertiary/aromatic N) is 2. The van der Waals surface area contributed by atoms with Gasteiger partial charge in [-0.05, 0) is 38.2 Å². The van der Waals surface area contributed by atoms with Crippen LogP contribution in [0.5, 0.6) is 0 Å². The fourth-order valence-corrected chi connectivity index (χ4v) is 5.80. The zero-order valence-electron chi connectivity index (χ0n) is 31.4. The number of hydrogen-bond acceptors (Lipinski definition) is 15. The van der Waals surface area contributed by atoms with Crippen molar-refractivity contribution in [3.8, 4) is 0 Å². The van der Waals surface area contributed by atoms with E-state index in [0.717, 1.165) is 11.9 Å². The van der Waals surface area contributed by atoms with Crippen molar-refractivity contribution in [2.75, 3.05) is 40.0 Å². The van der Waals surface area contributed by atoms with Gasteiger partial charge in [-0.15, -0.1) is 0 Å². The van der Waals surface area contributed by atoms with Crippen molar-refractivity contribution < 1.29 is 54.0 Å². The van der Waals surface area contributed by atoms with Gasteiger partial charge in [0.15, 0.2) is 0 Å². The maximum atomic E-state index is 13.6. The second-order valence-electron chi connectivity index (χ2n) is 13.3. The lowest BCUT2D eigenvalue weighted by Crippen LogP contribution is -2.62. The molecule has 56 heavy (non-hydrogen) atoms. The van der Waals surface area contributed by atoms with E-state index in [1.807, 2.05) is 5.43 Å². The fraction of sp³-hybridized carbons (Fsp3) is 0.618. The molecule has 1 saturated heterocycles. The second-order valence-corrected chi connectivity index (χ2v) is 13.3. The maximum absolute atomic E-state index is 13.6. The summed E-state index contributed by atoms with van der Waals surface area (Å²) in [5, 5.41) is 58.4. The first-order chi connectivity index (χ1) is 26.7. The van der Waals surface area contributed by atoms with Gasteiger partial charge >= 0.3 is 0 Å². The van der Waals surface area contributed by atoms with Crippen LogP contribution in [0.2, 0.25) is 0 Å². The molecule has 1 aliphatic heterocycles. The number of likely N-dealkylation sites (N-methyl/N-ethyl adjacent to an activating group) is 1. The molecule has 0 saturated carbocycles. The van der Waals surface area contributed by atoms with Crippen molar-refractivity contribution in [1.29, 1.82) is 5.53 Å². The molecule has 1 aromatic carbocycles. The predicted octanol–water partition coefficient (Wildman–Crippen LogP) is -5.22. The average molecular weight is 794 g/mol. The molecule has 1 heterocycles. The number of aliphatic hydroxyl groups is 4. The molecule has 8 atom stereocenters. The van der Waals surface area contributed by atoms with Gasteiger partial charge in [0, 0.05) is 39.0 Å². The van der Waals surface area contributed by atoms with Gasteiger partial charge in [0.25, 0.3) is 5.91 Å². The molecule has 1 fully saturated rings. The Morgan fingerprint density at radius 2 is 1.66 bits per heavy atom. The Kier molecular flexibility index (Phi) is 20.5. The molecule has 0 aromatic heterocycles. The molecule has 0 radical (unpaired) electrons. The molecule has 0 aliphatic carbocycles. The third-order valence-corrected chi connectivity index (χ3v) is 8.95. The molecule has 22 nitrogen and oxygen atoms in total. The van der Waals surface area contributed by atoms with Gasteiger partial charge in [-0.2, -0.15) is 5.53 Å². The minimum Gasteiger partial charge on any atom is -0.394 e. The van der Waals surface area contributed by atoms with E-state index in [1.54, 1.807) is 30.3 Å². The number of benzene rings is 1. The van der Waals surface area contributed by atoms with Crippen LogP contribution in [0.1, 0.15) is 44.6 Å². The molecule has 0 bridgehead atoms. The van der Waals surface area contributed by atoms with Gasteiger partial charge in [0.1, 0.15) is 36.3 Å². The van der Waals surface area contributed by atoms with Crippen molar-refractivity contribution >= 4 is 41.4 Å². The lowest BCUT2D eigenvalue weighted by Gasteiger charge is -2.33. The molecule has 1 unspecified atom stereocenters. The fourth-order valence-electron chi connectivity index (χ4n) is 5.80. The van der Waals surface area contributed by atoms with Crippen LogP contribution in [0.4, 0.5) is 0 Å². The highest BCUT2D eigenvalue weighted by atomic mass is 16.3. The van der Waals surface area contributed by atoms with Gasteiger partial charge < -0.3 is 63.0 Å². The van der Waals surface area contributed by atoms with E-state index < -0.39 is 110 Å². The monoisotopic (exact) mass is 793 g/mol. The van der Waals surface area contributed by atoms with Crippen LogP contribution in [0.3, 0.4) is 0 Å². The van der Waals surface area contributed by atoms with Crippen LogP contribution in [-0.2, 0) is 40.0 Å². The van der Waals surface area contributed by atoms with Gasteiger partial charge in [-0.1, -0.05) is 35.6 Å². The van der Waals surface area contributed by atoms with Crippen molar-refractivity contribution in [2.24, 2.45) is 11.0 Å². The van der Waals surface area contributed by atoms with E-state index in [9.17, 15) is 54.0 Å². The SMILES string of the molecule is CC(O)[C@H]1C(=O)N[C@@H](CO)C(=O)N[C@H](CN[C@@H](CO)C(=O)N[C@@H](Cc2ccccc2)C(=O)NN=N)CCCCNC(=O)CC[C@H](NC(=O)[C@@H](N)CO)C(=O)N1C. The first-order valence-electron chi connectivity index (χ1n) is 18.1. The second kappa shape index (κ2) is 24.4. The highest BCUT2D eigenvalue weighted by Gasteiger charge is 2.37. The topological polar surface area (TPSA) is 350 Å². The zero-order chi connectivity index (χ0) is 41.8. The molecular weight excluding hydrogens is 738 g/mol. The van der Waals surface area contributed by atoms with Gasteiger partial charge in [-0.3, -0.25) is 33.6 Å². The molecule has 14 N–H and O–H groups in total. The molecule has 0 spiro atoms. The average Bonchev–Trinajstić information content (AvgIpc) is 3.17. The van der Waals surface area contributed by atoms with Crippen molar-refractivity contribution in [1.82, 2.24) is 42.2 Å². The standard InChI is InChI=1S/C34H55N11O11/c1-19(49)28-33(55)42-26(18-48)31(53)39-21(10-6-7-13-37-27(50)12-11-23(34(56)45(28)2)40-29(51)22(35)16-46)15-38-25(17-47)30(52)41-24(32(54)43-44-36)14-20-8-4-3-5-9-20/h3-5,8-9,19,21-26,28,38,46-49H,6-7,10-18,35H2,1-2H3,(H,37,50)(H,39,53)(H,40,51)(H,41,52)(H,42,55)(H2,36,43,54)/t19?,21-,22-,23-,24-,25-,26-,28-/m0/s1. The Bertz CT molecular complexity index is 1490. The van der Waals surface area contributed by atoms with Gasteiger partial charge in [0.05, 0.1) is 25.9 Å². The zero-order valence-corrected chi connectivity index (χ0v) is 31.4. The summed E-state index contributed by atoms with van der Waals surface area (Å²) >= 11 is 0. The number of carbonyl (C=O) groups excluding carboxylic acids is 7. The van der Waals surface area contributed by atoms with Gasteiger partial charge in [-0.25, -0.2) is 5.43 Å². The van der Waals surface area contributed by atoms with Crippen LogP contribution in [0, 0.1) is 5.53 Å². The van der Waals surface area contributed by atoms with Crippen LogP contribution < -0.4 is 43.1 Å². The summed E-state index contributed by atoms with van der Waals surface area (Å²) in [7, 11) is 1.16. The molecular formula is C34H55N11O11. The summed E-state index contributed by atoms with van der Waals surface area (Å²) in [5.41, 5.74) is 15.3. The van der Waals surface area contributed by atoms with E-state index in [4.69, 9.17) is 11.3 Å². The summed E-state index contributed by atoms with van der Waals surface area (Å²) in [6.45, 7) is -1.09. The molecule has 1 aromatic rings. The largest absolute Gasteiger partial charge is 0.394 e. The molecule has 7 amide bonds. The van der Waals surface area contributed by atoms with Crippen LogP contribution in [0.25, 0.3) is 0 Å². The van der Waals surface area contributed by atoms with E-state index in [0.29, 0.717) is 18.4 Å². The summed E-state index contributed by atoms with van der Waals surface area (Å²) in [6, 6.07) is -0.500. The number of nitrogens with two attached hydrogens (primary N) is 1. The highest BCUT2D eigenvalue weighted by molar-refractivity contribution is 5.95. The molecule has 22 heteroatoms. The Balaban J connectivity index is 2.28. The van der Waals surface area contributed by atoms with E-state index >= 15 is 0 Å². The predicted molar refractivity (Wildman–Crippen MR) is 197 cm³/mol. The van der Waals surface area contributed by atoms with Crippen LogP contribution in [-0.4, -0.2) is 155 Å². The van der Waals surface area contributed by atoms with Crippen molar-refractivity contribution in [3.05, 3.63) is 35.9 Å². The van der Waals surface area contributed by atoms with E-state index in [2.05, 4.69) is 37.1 Å². The number of nitrogens with one attached hydrogen (secondary N) is 8. The Morgan fingerprint density at radius 1 is 0.964 bits per heavy atom. The normalized spacial score (nSPS) is 22.7. The smallest absolute Gasteiger partial charge is 0.264 e. The minimum absolute atomic E-state index is 0.0475. The minimum atomic E-state index is -1.65. The van der Waals surface area contributed by atoms with Crippen LogP contribution in [0.15, 0.2) is 35.6 Å². The molecule has 1 aliphatic rings. The number of hydrogen-bond donors (Lipinski definition) is 13. The summed E-state index contributed by atoms with van der Waals surface area (Å²) in [6.07, 6.45) is -0.907. The third-order valence-electron chi connectivity index (χ3n) is 8.95. The quantitative estimate of drug-likeness (QED) is 0.0584. The van der Waals surface area contributed by atoms with Crippen molar-refractivity contribution in [2.45, 2.75) is 93.8 Å². The molecule has 312 valence electrons. The van der Waals surface area contributed by atoms with Crippen LogP contribution >= 0.6 is 0 Å². The number of carbonyl (C=O) groups is 7. The molecule has 2 rings (SSSR count). The van der Waals surface area contributed by atoms with Gasteiger partial charge in [0.2, 0.25) is 35.4 Å². The first-order valence-corrected chi connectivity index (χ1v) is 18.1. The Labute approximate surface area is 323 Å². The third kappa shape index (κ3) is 15.2. The Hall–Kier alpha value is -5.13.